The van der Waals surface area contributed by atoms with E-state index in [-0.39, 0.29) is 36.4 Å². The molecule has 3 atom stereocenters. The van der Waals surface area contributed by atoms with Gasteiger partial charge >= 0.3 is 5.97 Å². The predicted octanol–water partition coefficient (Wildman–Crippen LogP) is 1.85. The molecule has 0 aromatic heterocycles. The van der Waals surface area contributed by atoms with E-state index in [0.29, 0.717) is 25.8 Å². The number of benzene rings is 1. The zero-order valence-electron chi connectivity index (χ0n) is 15.0. The molecule has 1 N–H and O–H groups in total. The Morgan fingerprint density at radius 2 is 2.04 bits per heavy atom. The van der Waals surface area contributed by atoms with Gasteiger partial charge in [0.2, 0.25) is 11.8 Å². The summed E-state index contributed by atoms with van der Waals surface area (Å²) in [6, 6.07) is 3.92. The van der Waals surface area contributed by atoms with Gasteiger partial charge in [-0.25, -0.2) is 8.78 Å². The van der Waals surface area contributed by atoms with Gasteiger partial charge in [0.25, 0.3) is 0 Å². The van der Waals surface area contributed by atoms with Crippen LogP contribution in [0.1, 0.15) is 30.7 Å². The summed E-state index contributed by atoms with van der Waals surface area (Å²) in [5, 5.41) is 9.11. The van der Waals surface area contributed by atoms with Gasteiger partial charge in [0, 0.05) is 26.1 Å². The van der Waals surface area contributed by atoms with Gasteiger partial charge in [0.15, 0.2) is 11.6 Å². The molecule has 1 aromatic rings. The summed E-state index contributed by atoms with van der Waals surface area (Å²) in [5.74, 6) is -4.79. The molecule has 1 saturated heterocycles. The van der Waals surface area contributed by atoms with Crippen LogP contribution in [0.4, 0.5) is 8.78 Å². The lowest BCUT2D eigenvalue weighted by Crippen LogP contribution is -2.47. The maximum atomic E-state index is 13.9. The largest absolute Gasteiger partial charge is 0.481 e. The number of carbonyl (C=O) groups excluding carboxylic acids is 2. The lowest BCUT2D eigenvalue weighted by Gasteiger charge is -2.32. The molecule has 1 aliphatic heterocycles. The molecule has 8 heteroatoms. The second-order valence-corrected chi connectivity index (χ2v) is 7.30. The van der Waals surface area contributed by atoms with Crippen LogP contribution in [0.3, 0.4) is 0 Å². The summed E-state index contributed by atoms with van der Waals surface area (Å²) in [4.78, 5) is 38.8. The Labute approximate surface area is 155 Å². The summed E-state index contributed by atoms with van der Waals surface area (Å²) >= 11 is 0. The number of hydrogen-bond acceptors (Lipinski definition) is 3. The van der Waals surface area contributed by atoms with Gasteiger partial charge in [-0.1, -0.05) is 12.1 Å². The molecular formula is C19H22F2N2O4. The molecule has 1 saturated carbocycles. The van der Waals surface area contributed by atoms with Crippen LogP contribution in [0.25, 0.3) is 0 Å². The zero-order valence-corrected chi connectivity index (χ0v) is 15.0. The van der Waals surface area contributed by atoms with Crippen molar-refractivity contribution in [1.29, 1.82) is 0 Å². The molecule has 146 valence electrons. The number of likely N-dealkylation sites (tertiary alicyclic amines) is 1. The molecular weight excluding hydrogens is 358 g/mol. The summed E-state index contributed by atoms with van der Waals surface area (Å²) in [6.45, 7) is 0.474. The molecule has 1 heterocycles. The van der Waals surface area contributed by atoms with Crippen LogP contribution in [0.2, 0.25) is 0 Å². The predicted molar refractivity (Wildman–Crippen MR) is 91.8 cm³/mol. The molecule has 3 unspecified atom stereocenters. The van der Waals surface area contributed by atoms with Gasteiger partial charge in [0.05, 0.1) is 12.5 Å². The van der Waals surface area contributed by atoms with Gasteiger partial charge in [0.1, 0.15) is 0 Å². The normalized spacial score (nSPS) is 24.4. The number of carboxylic acid groups (broad SMARTS) is 1. The fourth-order valence-electron chi connectivity index (χ4n) is 3.69. The van der Waals surface area contributed by atoms with Crippen LogP contribution >= 0.6 is 0 Å². The van der Waals surface area contributed by atoms with Crippen molar-refractivity contribution < 1.29 is 28.3 Å². The minimum Gasteiger partial charge on any atom is -0.481 e. The number of nitrogens with zero attached hydrogens (tertiary/aromatic N) is 2. The number of carbonyl (C=O) groups is 3. The van der Waals surface area contributed by atoms with E-state index in [1.807, 2.05) is 0 Å². The summed E-state index contributed by atoms with van der Waals surface area (Å²) < 4.78 is 27.2. The number of likely N-dealkylation sites (N-methyl/N-ethyl adjacent to an activating group) is 1. The number of carboxylic acids is 1. The van der Waals surface area contributed by atoms with Crippen LogP contribution < -0.4 is 0 Å². The molecule has 27 heavy (non-hydrogen) atoms. The first-order chi connectivity index (χ1) is 12.8. The van der Waals surface area contributed by atoms with Crippen molar-refractivity contribution in [2.45, 2.75) is 25.2 Å². The van der Waals surface area contributed by atoms with E-state index >= 15 is 0 Å². The van der Waals surface area contributed by atoms with E-state index in [1.54, 1.807) is 0 Å². The van der Waals surface area contributed by atoms with Crippen molar-refractivity contribution in [1.82, 2.24) is 9.80 Å². The van der Waals surface area contributed by atoms with Crippen molar-refractivity contribution in [3.8, 4) is 0 Å². The van der Waals surface area contributed by atoms with Crippen LogP contribution in [0.15, 0.2) is 18.2 Å². The Bertz CT molecular complexity index is 770. The third-order valence-corrected chi connectivity index (χ3v) is 5.36. The number of amides is 2. The van der Waals surface area contributed by atoms with Crippen LogP contribution in [0.5, 0.6) is 0 Å². The number of hydrogen-bond donors (Lipinski definition) is 1. The average molecular weight is 380 g/mol. The summed E-state index contributed by atoms with van der Waals surface area (Å²) in [7, 11) is 1.50. The minimum absolute atomic E-state index is 0.150. The Balaban J connectivity index is 1.56. The quantitative estimate of drug-likeness (QED) is 0.846. The van der Waals surface area contributed by atoms with Crippen molar-refractivity contribution >= 4 is 17.8 Å². The molecule has 3 rings (SSSR count). The highest BCUT2D eigenvalue weighted by molar-refractivity contribution is 5.88. The Morgan fingerprint density at radius 3 is 2.74 bits per heavy atom. The molecule has 0 bridgehead atoms. The maximum absolute atomic E-state index is 13.9. The summed E-state index contributed by atoms with van der Waals surface area (Å²) in [5.41, 5.74) is 0.188. The van der Waals surface area contributed by atoms with Gasteiger partial charge in [-0.15, -0.1) is 0 Å². The van der Waals surface area contributed by atoms with Crippen LogP contribution in [-0.2, 0) is 14.4 Å². The van der Waals surface area contributed by atoms with E-state index in [4.69, 9.17) is 5.11 Å². The lowest BCUT2D eigenvalue weighted by molar-refractivity contribution is -0.147. The van der Waals surface area contributed by atoms with Crippen molar-refractivity contribution in [3.05, 3.63) is 35.4 Å². The van der Waals surface area contributed by atoms with Crippen LogP contribution in [0, 0.1) is 23.5 Å². The maximum Gasteiger partial charge on any atom is 0.308 e. The third kappa shape index (κ3) is 4.09. The smallest absolute Gasteiger partial charge is 0.308 e. The lowest BCUT2D eigenvalue weighted by atomic mass is 9.98. The van der Waals surface area contributed by atoms with E-state index in [9.17, 15) is 23.2 Å². The van der Waals surface area contributed by atoms with Crippen molar-refractivity contribution in [2.24, 2.45) is 11.8 Å². The van der Waals surface area contributed by atoms with Gasteiger partial charge in [-0.05, 0) is 36.8 Å². The second-order valence-electron chi connectivity index (χ2n) is 7.30. The molecule has 1 aliphatic carbocycles. The van der Waals surface area contributed by atoms with Crippen LogP contribution in [-0.4, -0.2) is 59.4 Å². The summed E-state index contributed by atoms with van der Waals surface area (Å²) in [6.07, 6.45) is 1.57. The SMILES string of the molecule is CN(CC(=O)N1CCCC(C(=O)O)C1)C(=O)C1CC1c1cccc(F)c1F. The number of aliphatic carboxylic acids is 1. The topological polar surface area (TPSA) is 77.9 Å². The monoisotopic (exact) mass is 380 g/mol. The first kappa shape index (κ1) is 19.3. The molecule has 0 spiro atoms. The Hall–Kier alpha value is -2.51. The van der Waals surface area contributed by atoms with Gasteiger partial charge in [-0.2, -0.15) is 0 Å². The second kappa shape index (κ2) is 7.62. The standard InChI is InChI=1S/C19H22F2N2O4/c1-22(10-16(24)23-7-3-4-11(9-23)19(26)27)18(25)14-8-13(14)12-5-2-6-15(20)17(12)21/h2,5-6,11,13-14H,3-4,7-10H2,1H3,(H,26,27). The van der Waals surface area contributed by atoms with E-state index in [0.717, 1.165) is 6.07 Å². The molecule has 2 amide bonds. The highest BCUT2D eigenvalue weighted by atomic mass is 19.2. The van der Waals surface area contributed by atoms with E-state index < -0.39 is 29.4 Å². The van der Waals surface area contributed by atoms with Gasteiger partial charge < -0.3 is 14.9 Å². The van der Waals surface area contributed by atoms with Crippen molar-refractivity contribution in [2.75, 3.05) is 26.7 Å². The fraction of sp³-hybridized carbons (Fsp3) is 0.526. The van der Waals surface area contributed by atoms with Crippen molar-refractivity contribution in [3.63, 3.8) is 0 Å². The third-order valence-electron chi connectivity index (χ3n) is 5.36. The first-order valence-corrected chi connectivity index (χ1v) is 8.99. The Kier molecular flexibility index (Phi) is 5.43. The molecule has 2 fully saturated rings. The first-order valence-electron chi connectivity index (χ1n) is 8.99. The van der Waals surface area contributed by atoms with E-state index in [2.05, 4.69) is 0 Å². The highest BCUT2D eigenvalue weighted by Crippen LogP contribution is 2.49. The average Bonchev–Trinajstić information content (AvgIpc) is 3.43. The molecule has 1 aromatic carbocycles. The van der Waals surface area contributed by atoms with E-state index in [1.165, 1.54) is 29.0 Å². The minimum atomic E-state index is -0.938. The molecule has 6 nitrogen and oxygen atoms in total. The fourth-order valence-corrected chi connectivity index (χ4v) is 3.69. The Morgan fingerprint density at radius 1 is 1.30 bits per heavy atom. The number of rotatable bonds is 5. The molecule has 2 aliphatic rings. The zero-order chi connectivity index (χ0) is 19.7. The molecule has 0 radical (unpaired) electrons. The van der Waals surface area contributed by atoms with Gasteiger partial charge in [-0.3, -0.25) is 14.4 Å². The number of piperidine rings is 1. The number of halogens is 2. The highest BCUT2D eigenvalue weighted by Gasteiger charge is 2.47.